The van der Waals surface area contributed by atoms with Crippen LogP contribution in [-0.4, -0.2) is 50.9 Å². The van der Waals surface area contributed by atoms with Gasteiger partial charge in [0.25, 0.3) is 0 Å². The number of esters is 1. The highest BCUT2D eigenvalue weighted by atomic mass is 16.7. The quantitative estimate of drug-likeness (QED) is 0.192. The number of carbonyl (C=O) groups is 1. The van der Waals surface area contributed by atoms with Crippen LogP contribution in [0.4, 0.5) is 0 Å². The van der Waals surface area contributed by atoms with E-state index in [1.54, 1.807) is 7.11 Å². The second-order valence-corrected chi connectivity index (χ2v) is 12.5. The lowest BCUT2D eigenvalue weighted by molar-refractivity contribution is -0.151. The minimum atomic E-state index is -0.0366. The van der Waals surface area contributed by atoms with Gasteiger partial charge in [-0.1, -0.05) is 45.1 Å². The number of hydrogen-bond acceptors (Lipinski definition) is 4. The van der Waals surface area contributed by atoms with Crippen molar-refractivity contribution in [3.8, 4) is 11.5 Å². The van der Waals surface area contributed by atoms with Crippen LogP contribution in [0.5, 0.6) is 11.5 Å². The van der Waals surface area contributed by atoms with E-state index in [-0.39, 0.29) is 17.5 Å². The Bertz CT molecular complexity index is 947. The predicted octanol–water partition coefficient (Wildman–Crippen LogP) is 6.77. The summed E-state index contributed by atoms with van der Waals surface area (Å²) in [6.07, 6.45) is 13.0. The molecular formula is C31H48NO4+. The zero-order valence-corrected chi connectivity index (χ0v) is 23.3. The molecule has 6 atom stereocenters. The van der Waals surface area contributed by atoms with Gasteiger partial charge >= 0.3 is 11.7 Å². The van der Waals surface area contributed by atoms with Crippen LogP contribution < -0.4 is 4.74 Å². The Morgan fingerprint density at radius 2 is 1.94 bits per heavy atom. The van der Waals surface area contributed by atoms with Crippen LogP contribution >= 0.6 is 0 Å². The van der Waals surface area contributed by atoms with Crippen LogP contribution in [-0.2, 0) is 25.9 Å². The molecule has 0 bridgehead atoms. The molecule has 3 unspecified atom stereocenters. The van der Waals surface area contributed by atoms with E-state index in [1.165, 1.54) is 49.0 Å². The third-order valence-electron chi connectivity index (χ3n) is 10.0. The molecule has 0 aromatic heterocycles. The average Bonchev–Trinajstić information content (AvgIpc) is 3.37. The Kier molecular flexibility index (Phi) is 7.59. The second-order valence-electron chi connectivity index (χ2n) is 12.5. The average molecular weight is 499 g/mol. The van der Waals surface area contributed by atoms with Crippen molar-refractivity contribution in [2.45, 2.75) is 109 Å². The van der Waals surface area contributed by atoms with Gasteiger partial charge in [-0.3, -0.25) is 4.79 Å². The highest BCUT2D eigenvalue weighted by Crippen LogP contribution is 2.65. The lowest BCUT2D eigenvalue weighted by Crippen LogP contribution is -2.35. The highest BCUT2D eigenvalue weighted by Gasteiger charge is 2.64. The van der Waals surface area contributed by atoms with Crippen LogP contribution in [0.3, 0.4) is 0 Å². The topological polar surface area (TPSA) is 41.5 Å². The molecule has 200 valence electrons. The third kappa shape index (κ3) is 4.89. The molecule has 0 saturated heterocycles. The molecule has 2 aliphatic carbocycles. The summed E-state index contributed by atoms with van der Waals surface area (Å²) in [5, 5.41) is 0. The SMILES string of the molecule is COc1ccc2c3c1[O+](C)C1C[C@@H](C(C)OC(=O)CCCCCCCC4C[C@H]4C)C[C@@]31CCN(C)C2. The maximum Gasteiger partial charge on any atom is 0.306 e. The van der Waals surface area contributed by atoms with E-state index >= 15 is 0 Å². The molecule has 2 heterocycles. The molecule has 5 nitrogen and oxygen atoms in total. The first-order valence-corrected chi connectivity index (χ1v) is 14.6. The lowest BCUT2D eigenvalue weighted by atomic mass is 9.73. The number of hydrogen-bond donors (Lipinski definition) is 0. The first-order chi connectivity index (χ1) is 17.3. The van der Waals surface area contributed by atoms with Crippen molar-refractivity contribution < 1.29 is 18.6 Å². The maximum atomic E-state index is 12.7. The van der Waals surface area contributed by atoms with Crippen LogP contribution in [0.15, 0.2) is 12.1 Å². The Morgan fingerprint density at radius 1 is 1.19 bits per heavy atom. The zero-order valence-electron chi connectivity index (χ0n) is 23.3. The van der Waals surface area contributed by atoms with Crippen LogP contribution in [0, 0.1) is 17.8 Å². The van der Waals surface area contributed by atoms with Gasteiger partial charge in [-0.15, -0.1) is 0 Å². The molecule has 0 N–H and O–H groups in total. The molecule has 2 aliphatic heterocycles. The smallest absolute Gasteiger partial charge is 0.306 e. The fourth-order valence-electron chi connectivity index (χ4n) is 7.71. The Labute approximate surface area is 218 Å². The Hall–Kier alpha value is -1.75. The number of carbonyl (C=O) groups excluding carboxylic acids is 1. The van der Waals surface area contributed by atoms with Gasteiger partial charge in [-0.2, -0.15) is 0 Å². The van der Waals surface area contributed by atoms with E-state index < -0.39 is 0 Å². The van der Waals surface area contributed by atoms with Crippen molar-refractivity contribution in [2.75, 3.05) is 27.8 Å². The van der Waals surface area contributed by atoms with Crippen molar-refractivity contribution in [3.05, 3.63) is 23.3 Å². The van der Waals surface area contributed by atoms with Crippen molar-refractivity contribution in [2.24, 2.45) is 17.8 Å². The fourth-order valence-corrected chi connectivity index (χ4v) is 7.71. The van der Waals surface area contributed by atoms with Crippen molar-refractivity contribution in [1.29, 1.82) is 0 Å². The van der Waals surface area contributed by atoms with Gasteiger partial charge < -0.3 is 18.7 Å². The number of unbranched alkanes of at least 4 members (excludes halogenated alkanes) is 4. The van der Waals surface area contributed by atoms with Gasteiger partial charge in [-0.25, -0.2) is 0 Å². The highest BCUT2D eigenvalue weighted by molar-refractivity contribution is 5.69. The predicted molar refractivity (Wildman–Crippen MR) is 144 cm³/mol. The summed E-state index contributed by atoms with van der Waals surface area (Å²) in [5.41, 5.74) is 2.98. The molecule has 5 rings (SSSR count). The molecule has 2 saturated carbocycles. The molecule has 1 aromatic carbocycles. The molecule has 1 aromatic rings. The van der Waals surface area contributed by atoms with E-state index in [9.17, 15) is 4.79 Å². The van der Waals surface area contributed by atoms with Crippen molar-refractivity contribution in [1.82, 2.24) is 4.90 Å². The number of methoxy groups -OCH3 is 1. The minimum Gasteiger partial charge on any atom is -0.568 e. The van der Waals surface area contributed by atoms with E-state index in [0.717, 1.165) is 62.8 Å². The monoisotopic (exact) mass is 498 g/mol. The normalized spacial score (nSPS) is 31.5. The van der Waals surface area contributed by atoms with Gasteiger partial charge in [-0.05, 0) is 69.7 Å². The Morgan fingerprint density at radius 3 is 2.69 bits per heavy atom. The van der Waals surface area contributed by atoms with E-state index in [0.29, 0.717) is 18.4 Å². The summed E-state index contributed by atoms with van der Waals surface area (Å²) in [4.78, 5) is 15.1. The van der Waals surface area contributed by atoms with Gasteiger partial charge in [0.15, 0.2) is 13.2 Å². The summed E-state index contributed by atoms with van der Waals surface area (Å²) in [7, 11) is 6.16. The maximum absolute atomic E-state index is 12.7. The Balaban J connectivity index is 1.16. The summed E-state index contributed by atoms with van der Waals surface area (Å²) in [5.74, 6) is 4.53. The van der Waals surface area contributed by atoms with E-state index in [2.05, 4.69) is 49.4 Å². The molecule has 0 radical (unpaired) electrons. The molecule has 36 heavy (non-hydrogen) atoms. The molecular weight excluding hydrogens is 450 g/mol. The largest absolute Gasteiger partial charge is 0.568 e. The fraction of sp³-hybridized carbons (Fsp3) is 0.774. The van der Waals surface area contributed by atoms with E-state index in [4.69, 9.17) is 9.47 Å². The van der Waals surface area contributed by atoms with Crippen LogP contribution in [0.25, 0.3) is 0 Å². The van der Waals surface area contributed by atoms with E-state index in [1.807, 2.05) is 0 Å². The summed E-state index contributed by atoms with van der Waals surface area (Å²) in [6, 6.07) is 4.39. The van der Waals surface area contributed by atoms with Gasteiger partial charge in [0, 0.05) is 25.3 Å². The number of rotatable bonds is 11. The number of ether oxygens (including phenoxy) is 2. The minimum absolute atomic E-state index is 0.00627. The first kappa shape index (κ1) is 25.9. The first-order valence-electron chi connectivity index (χ1n) is 14.6. The summed E-state index contributed by atoms with van der Waals surface area (Å²) >= 11 is 0. The van der Waals surface area contributed by atoms with Crippen molar-refractivity contribution >= 4 is 5.97 Å². The molecule has 2 fully saturated rings. The standard InChI is InChI=1S/C31H48NO4/c1-21-17-23(21)11-9-7-6-8-10-12-28(33)35-22(2)25-18-27-31(19-25)15-16-32(3)20-24-13-14-26(34-4)30(29(24)31)36(27)5/h13-14,21-23,25,27H,6-12,15-20H2,1-5H3/q+1/t21-,22?,23?,25-,27?,31-/m1/s1. The molecule has 0 amide bonds. The van der Waals surface area contributed by atoms with Gasteiger partial charge in [0.2, 0.25) is 5.75 Å². The zero-order chi connectivity index (χ0) is 25.4. The summed E-state index contributed by atoms with van der Waals surface area (Å²) in [6.45, 7) is 6.56. The van der Waals surface area contributed by atoms with Crippen molar-refractivity contribution in [3.63, 3.8) is 0 Å². The van der Waals surface area contributed by atoms with Crippen LogP contribution in [0.2, 0.25) is 0 Å². The van der Waals surface area contributed by atoms with Crippen LogP contribution in [0.1, 0.15) is 95.6 Å². The third-order valence-corrected chi connectivity index (χ3v) is 10.0. The summed E-state index contributed by atoms with van der Waals surface area (Å²) < 4.78 is 15.3. The number of nitrogens with zero attached hydrogens (tertiary/aromatic N) is 1. The molecule has 1 spiro atoms. The lowest BCUT2D eigenvalue weighted by Gasteiger charge is -2.29. The van der Waals surface area contributed by atoms with Gasteiger partial charge in [0.1, 0.15) is 6.10 Å². The molecule has 5 heteroatoms. The second kappa shape index (κ2) is 10.6. The molecule has 4 aliphatic rings. The van der Waals surface area contributed by atoms with Gasteiger partial charge in [0.05, 0.1) is 18.1 Å². The number of benzene rings is 1.